The van der Waals surface area contributed by atoms with Gasteiger partial charge in [-0.05, 0) is 26.3 Å². The van der Waals surface area contributed by atoms with Gasteiger partial charge >= 0.3 is 6.18 Å². The molecule has 0 aromatic rings. The van der Waals surface area contributed by atoms with E-state index >= 15 is 0 Å². The Morgan fingerprint density at radius 3 is 2.22 bits per heavy atom. The molecule has 0 aromatic carbocycles. The molecule has 0 aromatic heterocycles. The number of alkyl halides is 3. The molecule has 2 atom stereocenters. The number of hydrogen-bond acceptors (Lipinski definition) is 2. The van der Waals surface area contributed by atoms with Gasteiger partial charge in [-0.3, -0.25) is 4.90 Å². The third-order valence-corrected chi connectivity index (χ3v) is 3.45. The van der Waals surface area contributed by atoms with Crippen LogP contribution in [-0.2, 0) is 0 Å². The molecule has 0 aliphatic carbocycles. The van der Waals surface area contributed by atoms with Gasteiger partial charge in [0, 0.05) is 12.6 Å². The van der Waals surface area contributed by atoms with Crippen molar-refractivity contribution in [2.75, 3.05) is 13.1 Å². The van der Waals surface area contributed by atoms with Gasteiger partial charge < -0.3 is 5.73 Å². The Hall–Kier alpha value is -0.360. The second-order valence-electron chi connectivity index (χ2n) is 4.60. The quantitative estimate of drug-likeness (QED) is 0.693. The van der Waals surface area contributed by atoms with E-state index in [0.717, 1.165) is 19.3 Å². The number of nitrogens with zero attached hydrogens (tertiary/aromatic N) is 1. The summed E-state index contributed by atoms with van der Waals surface area (Å²) < 4.78 is 38.5. The van der Waals surface area contributed by atoms with Crippen LogP contribution in [0.4, 0.5) is 13.2 Å². The van der Waals surface area contributed by atoms with E-state index in [1.807, 2.05) is 25.7 Å². The van der Waals surface area contributed by atoms with E-state index in [0.29, 0.717) is 6.54 Å². The van der Waals surface area contributed by atoms with Crippen molar-refractivity contribution in [3.63, 3.8) is 0 Å². The number of hydrogen-bond donors (Lipinski definition) is 1. The van der Waals surface area contributed by atoms with Gasteiger partial charge in [0.1, 0.15) is 5.92 Å². The van der Waals surface area contributed by atoms with Gasteiger partial charge in [0.2, 0.25) is 0 Å². The van der Waals surface area contributed by atoms with Crippen LogP contribution in [0.15, 0.2) is 0 Å². The van der Waals surface area contributed by atoms with E-state index in [9.17, 15) is 13.2 Å². The van der Waals surface area contributed by atoms with Crippen LogP contribution in [0.1, 0.15) is 40.0 Å². The van der Waals surface area contributed by atoms with Gasteiger partial charge in [-0.2, -0.15) is 13.2 Å². The van der Waals surface area contributed by atoms with Crippen molar-refractivity contribution in [1.82, 2.24) is 4.90 Å². The Labute approximate surface area is 113 Å². The molecule has 18 heavy (non-hydrogen) atoms. The zero-order chi connectivity index (χ0) is 14.3. The van der Waals surface area contributed by atoms with Crippen molar-refractivity contribution in [1.29, 1.82) is 0 Å². The number of halogens is 3. The highest BCUT2D eigenvalue weighted by Crippen LogP contribution is 2.28. The molecular weight excluding hydrogens is 261 g/mol. The van der Waals surface area contributed by atoms with E-state index in [1.165, 1.54) is 0 Å². The third kappa shape index (κ3) is 6.00. The molecule has 0 radical (unpaired) electrons. The predicted octanol–water partition coefficient (Wildman–Crippen LogP) is 3.35. The summed E-state index contributed by atoms with van der Waals surface area (Å²) in [6.45, 7) is 6.44. The zero-order valence-electron chi connectivity index (χ0n) is 11.3. The van der Waals surface area contributed by atoms with Crippen molar-refractivity contribution >= 4 is 17.2 Å². The molecule has 108 valence electrons. The molecule has 0 saturated carbocycles. The van der Waals surface area contributed by atoms with Crippen molar-refractivity contribution in [2.45, 2.75) is 52.3 Å². The number of nitrogens with two attached hydrogens (primary N) is 1. The summed E-state index contributed by atoms with van der Waals surface area (Å²) >= 11 is 4.55. The fourth-order valence-corrected chi connectivity index (χ4v) is 1.91. The summed E-state index contributed by atoms with van der Waals surface area (Å²) in [7, 11) is 0. The molecule has 2 unspecified atom stereocenters. The summed E-state index contributed by atoms with van der Waals surface area (Å²) in [4.78, 5) is 1.37. The average Bonchev–Trinajstić information content (AvgIpc) is 2.26. The molecule has 0 spiro atoms. The van der Waals surface area contributed by atoms with Gasteiger partial charge in [0.15, 0.2) is 0 Å². The van der Waals surface area contributed by atoms with Gasteiger partial charge in [0.25, 0.3) is 0 Å². The molecular formula is C12H23F3N2S. The number of thiocarbonyl (C=S) groups is 1. The Morgan fingerprint density at radius 2 is 1.89 bits per heavy atom. The standard InChI is InChI=1S/C12H23F3N2S/c1-4-6-7-17(9(3)5-2)8-10(11(16)18)12(13,14)15/h9-10H,4-8H2,1-3H3,(H2,16,18). The second kappa shape index (κ2) is 7.94. The van der Waals surface area contributed by atoms with E-state index in [-0.39, 0.29) is 12.6 Å². The normalized spacial score (nSPS) is 15.7. The fourth-order valence-electron chi connectivity index (χ4n) is 1.70. The van der Waals surface area contributed by atoms with E-state index < -0.39 is 17.1 Å². The molecule has 0 rings (SSSR count). The molecule has 0 saturated heterocycles. The minimum atomic E-state index is -4.36. The Kier molecular flexibility index (Phi) is 7.78. The molecule has 2 N–H and O–H groups in total. The SMILES string of the molecule is CCCCN(CC(C(N)=S)C(F)(F)F)C(C)CC. The van der Waals surface area contributed by atoms with E-state index in [4.69, 9.17) is 5.73 Å². The van der Waals surface area contributed by atoms with Crippen molar-refractivity contribution in [3.05, 3.63) is 0 Å². The highest BCUT2D eigenvalue weighted by Gasteiger charge is 2.42. The van der Waals surface area contributed by atoms with Gasteiger partial charge in [0.05, 0.1) is 4.99 Å². The Bertz CT molecular complexity index is 256. The second-order valence-corrected chi connectivity index (χ2v) is 5.07. The topological polar surface area (TPSA) is 29.3 Å². The highest BCUT2D eigenvalue weighted by atomic mass is 32.1. The van der Waals surface area contributed by atoms with Gasteiger partial charge in [-0.15, -0.1) is 0 Å². The molecule has 0 bridgehead atoms. The van der Waals surface area contributed by atoms with Crippen LogP contribution in [0.3, 0.4) is 0 Å². The summed E-state index contributed by atoms with van der Waals surface area (Å²) in [6.07, 6.45) is -1.71. The zero-order valence-corrected chi connectivity index (χ0v) is 12.1. The maximum Gasteiger partial charge on any atom is 0.399 e. The molecule has 0 fully saturated rings. The predicted molar refractivity (Wildman–Crippen MR) is 72.6 cm³/mol. The van der Waals surface area contributed by atoms with Gasteiger partial charge in [-0.1, -0.05) is 32.5 Å². The Morgan fingerprint density at radius 1 is 1.33 bits per heavy atom. The molecule has 0 aliphatic heterocycles. The first-order valence-corrected chi connectivity index (χ1v) is 6.74. The lowest BCUT2D eigenvalue weighted by molar-refractivity contribution is -0.160. The minimum Gasteiger partial charge on any atom is -0.393 e. The van der Waals surface area contributed by atoms with Crippen molar-refractivity contribution in [2.24, 2.45) is 11.7 Å². The smallest absolute Gasteiger partial charge is 0.393 e. The van der Waals surface area contributed by atoms with Crippen LogP contribution >= 0.6 is 12.2 Å². The fraction of sp³-hybridized carbons (Fsp3) is 0.917. The monoisotopic (exact) mass is 284 g/mol. The summed E-state index contributed by atoms with van der Waals surface area (Å²) in [5, 5.41) is 0. The lowest BCUT2D eigenvalue weighted by Gasteiger charge is -2.32. The van der Waals surface area contributed by atoms with E-state index in [1.54, 1.807) is 0 Å². The molecule has 0 heterocycles. The van der Waals surface area contributed by atoms with Crippen LogP contribution in [0, 0.1) is 5.92 Å². The van der Waals surface area contributed by atoms with Gasteiger partial charge in [-0.25, -0.2) is 0 Å². The highest BCUT2D eigenvalue weighted by molar-refractivity contribution is 7.80. The largest absolute Gasteiger partial charge is 0.399 e. The molecule has 0 amide bonds. The lowest BCUT2D eigenvalue weighted by atomic mass is 10.1. The van der Waals surface area contributed by atoms with Crippen LogP contribution in [0.5, 0.6) is 0 Å². The number of rotatable bonds is 8. The van der Waals surface area contributed by atoms with E-state index in [2.05, 4.69) is 12.2 Å². The van der Waals surface area contributed by atoms with Crippen LogP contribution in [0.25, 0.3) is 0 Å². The summed E-state index contributed by atoms with van der Waals surface area (Å²) in [5.74, 6) is -1.71. The number of unbranched alkanes of at least 4 members (excludes halogenated alkanes) is 1. The first-order chi connectivity index (χ1) is 8.23. The first-order valence-electron chi connectivity index (χ1n) is 6.34. The Balaban J connectivity index is 4.75. The first kappa shape index (κ1) is 17.6. The third-order valence-electron chi connectivity index (χ3n) is 3.17. The average molecular weight is 284 g/mol. The maximum atomic E-state index is 12.8. The molecule has 0 aliphatic rings. The maximum absolute atomic E-state index is 12.8. The lowest BCUT2D eigenvalue weighted by Crippen LogP contribution is -2.46. The van der Waals surface area contributed by atoms with Crippen LogP contribution in [0.2, 0.25) is 0 Å². The van der Waals surface area contributed by atoms with Crippen molar-refractivity contribution < 1.29 is 13.2 Å². The van der Waals surface area contributed by atoms with Crippen LogP contribution in [-0.4, -0.2) is 35.2 Å². The van der Waals surface area contributed by atoms with Crippen LogP contribution < -0.4 is 5.73 Å². The molecule has 6 heteroatoms. The summed E-state index contributed by atoms with van der Waals surface area (Å²) in [5.41, 5.74) is 5.23. The minimum absolute atomic E-state index is 0.107. The van der Waals surface area contributed by atoms with Crippen molar-refractivity contribution in [3.8, 4) is 0 Å². The molecule has 2 nitrogen and oxygen atoms in total. The summed E-state index contributed by atoms with van der Waals surface area (Å²) in [6, 6.07) is 0.107.